The molecule has 2 aliphatic heterocycles. The van der Waals surface area contributed by atoms with Gasteiger partial charge in [0.2, 0.25) is 5.78 Å². The third-order valence-corrected chi connectivity index (χ3v) is 6.11. The van der Waals surface area contributed by atoms with Gasteiger partial charge in [-0.15, -0.1) is 0 Å². The lowest BCUT2D eigenvalue weighted by atomic mass is 10.0. The van der Waals surface area contributed by atoms with Crippen LogP contribution in [0.1, 0.15) is 28.4 Å². The molecule has 0 aromatic heterocycles. The minimum atomic E-state index is -0.197. The van der Waals surface area contributed by atoms with Gasteiger partial charge in [-0.3, -0.25) is 4.79 Å². The molecule has 0 radical (unpaired) electrons. The van der Waals surface area contributed by atoms with Crippen molar-refractivity contribution in [2.45, 2.75) is 19.6 Å². The first kappa shape index (κ1) is 20.7. The van der Waals surface area contributed by atoms with E-state index in [2.05, 4.69) is 0 Å². The summed E-state index contributed by atoms with van der Waals surface area (Å²) in [5.41, 5.74) is 3.02. The smallest absolute Gasteiger partial charge is 0.231 e. The van der Waals surface area contributed by atoms with E-state index in [9.17, 15) is 4.79 Å². The fraction of sp³-hybridized carbons (Fsp3) is 0.115. The number of carbonyl (C=O) groups excluding carboxylic acids is 1. The predicted molar refractivity (Wildman–Crippen MR) is 125 cm³/mol. The zero-order chi connectivity index (χ0) is 22.2. The molecular weight excluding hydrogens is 447 g/mol. The molecule has 0 saturated heterocycles. The lowest BCUT2D eigenvalue weighted by Gasteiger charge is -2.22. The molecule has 1 unspecified atom stereocenters. The maximum Gasteiger partial charge on any atom is 0.231 e. The summed E-state index contributed by atoms with van der Waals surface area (Å²) in [4.78, 5) is 12.9. The fourth-order valence-electron chi connectivity index (χ4n) is 3.66. The van der Waals surface area contributed by atoms with E-state index in [1.165, 1.54) is 0 Å². The van der Waals surface area contributed by atoms with Crippen molar-refractivity contribution in [1.82, 2.24) is 0 Å². The van der Waals surface area contributed by atoms with Crippen LogP contribution in [0.4, 0.5) is 0 Å². The highest BCUT2D eigenvalue weighted by Gasteiger charge is 2.29. The van der Waals surface area contributed by atoms with E-state index in [1.54, 1.807) is 42.5 Å². The van der Waals surface area contributed by atoms with Crippen molar-refractivity contribution in [3.8, 4) is 17.2 Å². The zero-order valence-corrected chi connectivity index (χ0v) is 18.6. The Labute approximate surface area is 195 Å². The topological polar surface area (TPSA) is 44.8 Å². The van der Waals surface area contributed by atoms with E-state index in [0.29, 0.717) is 32.7 Å². The molecule has 0 N–H and O–H groups in total. The maximum atomic E-state index is 12.9. The third kappa shape index (κ3) is 3.88. The van der Waals surface area contributed by atoms with Crippen LogP contribution in [0.15, 0.2) is 78.1 Å². The highest BCUT2D eigenvalue weighted by Crippen LogP contribution is 2.37. The summed E-state index contributed by atoms with van der Waals surface area (Å²) in [5, 5.41) is 1.07. The van der Waals surface area contributed by atoms with Gasteiger partial charge >= 0.3 is 0 Å². The highest BCUT2D eigenvalue weighted by molar-refractivity contribution is 6.35. The van der Waals surface area contributed by atoms with E-state index in [-0.39, 0.29) is 24.3 Å². The van der Waals surface area contributed by atoms with E-state index in [1.807, 2.05) is 37.3 Å². The lowest BCUT2D eigenvalue weighted by Crippen LogP contribution is -2.18. The first-order valence-corrected chi connectivity index (χ1v) is 10.9. The summed E-state index contributed by atoms with van der Waals surface area (Å²) in [6.07, 6.45) is 3.56. The van der Waals surface area contributed by atoms with E-state index < -0.39 is 0 Å². The molecule has 32 heavy (non-hydrogen) atoms. The lowest BCUT2D eigenvalue weighted by molar-refractivity contribution is 0.101. The molecule has 0 fully saturated rings. The molecule has 3 aromatic carbocycles. The minimum Gasteiger partial charge on any atom is -0.489 e. The van der Waals surface area contributed by atoms with Crippen LogP contribution in [0.3, 0.4) is 0 Å². The molecule has 4 nitrogen and oxygen atoms in total. The predicted octanol–water partition coefficient (Wildman–Crippen LogP) is 6.90. The fourth-order valence-corrected chi connectivity index (χ4v) is 4.16. The Morgan fingerprint density at radius 1 is 1.00 bits per heavy atom. The van der Waals surface area contributed by atoms with Crippen LogP contribution in [0.25, 0.3) is 6.08 Å². The van der Waals surface area contributed by atoms with Crippen molar-refractivity contribution in [2.24, 2.45) is 0 Å². The van der Waals surface area contributed by atoms with E-state index in [0.717, 1.165) is 16.9 Å². The van der Waals surface area contributed by atoms with Crippen molar-refractivity contribution < 1.29 is 19.0 Å². The quantitative estimate of drug-likeness (QED) is 0.394. The van der Waals surface area contributed by atoms with Gasteiger partial charge in [0.25, 0.3) is 0 Å². The average molecular weight is 465 g/mol. The number of para-hydroxylation sites is 1. The molecule has 0 aliphatic carbocycles. The van der Waals surface area contributed by atoms with Crippen LogP contribution in [0.5, 0.6) is 17.2 Å². The number of halogens is 2. The van der Waals surface area contributed by atoms with Crippen molar-refractivity contribution >= 4 is 35.1 Å². The highest BCUT2D eigenvalue weighted by atomic mass is 35.5. The minimum absolute atomic E-state index is 0.173. The van der Waals surface area contributed by atoms with Crippen molar-refractivity contribution in [2.75, 3.05) is 0 Å². The van der Waals surface area contributed by atoms with Gasteiger partial charge in [-0.05, 0) is 55.0 Å². The van der Waals surface area contributed by atoms with Crippen LogP contribution >= 0.6 is 23.2 Å². The molecule has 1 atom stereocenters. The first-order chi connectivity index (χ1) is 15.5. The van der Waals surface area contributed by atoms with Gasteiger partial charge in [-0.2, -0.15) is 0 Å². The second-order valence-corrected chi connectivity index (χ2v) is 8.34. The van der Waals surface area contributed by atoms with E-state index in [4.69, 9.17) is 37.4 Å². The number of Topliss-reactive ketones (excluding diaryl/α,β-unsaturated/α-hetero) is 1. The molecule has 2 aliphatic rings. The molecule has 160 valence electrons. The third-order valence-electron chi connectivity index (χ3n) is 5.40. The molecular formula is C26H18Cl2O4. The van der Waals surface area contributed by atoms with Gasteiger partial charge in [0.1, 0.15) is 30.0 Å². The molecule has 2 heterocycles. The number of hydrogen-bond donors (Lipinski definition) is 0. The van der Waals surface area contributed by atoms with Gasteiger partial charge in [0.05, 0.1) is 5.56 Å². The number of ether oxygens (including phenoxy) is 3. The summed E-state index contributed by atoms with van der Waals surface area (Å²) in [5.74, 6) is 1.91. The molecule has 0 bridgehead atoms. The van der Waals surface area contributed by atoms with Gasteiger partial charge in [-0.1, -0.05) is 47.5 Å². The molecule has 0 saturated carbocycles. The standard InChI is InChI=1S/C26H18Cl2O4/c1-15-17(11-16-5-2-3-8-23(16)31-15)12-25-26(29)19-10-9-18(13-24(19)32-25)30-14-20-21(27)6-4-7-22(20)28/h2-13,15H,14H2,1H3/b25-12-. The van der Waals surface area contributed by atoms with Crippen molar-refractivity contribution in [1.29, 1.82) is 0 Å². The van der Waals surface area contributed by atoms with Crippen LogP contribution in [-0.4, -0.2) is 11.9 Å². The Morgan fingerprint density at radius 2 is 1.78 bits per heavy atom. The van der Waals surface area contributed by atoms with Gasteiger partial charge in [-0.25, -0.2) is 0 Å². The van der Waals surface area contributed by atoms with Crippen LogP contribution in [0, 0.1) is 0 Å². The van der Waals surface area contributed by atoms with Crippen LogP contribution in [-0.2, 0) is 6.61 Å². The van der Waals surface area contributed by atoms with Gasteiger partial charge < -0.3 is 14.2 Å². The van der Waals surface area contributed by atoms with Crippen molar-refractivity contribution in [3.05, 3.63) is 105 Å². The Hall–Kier alpha value is -3.21. The number of ketones is 1. The number of carbonyl (C=O) groups is 1. The molecule has 6 heteroatoms. The van der Waals surface area contributed by atoms with Gasteiger partial charge in [0, 0.05) is 27.2 Å². The largest absolute Gasteiger partial charge is 0.489 e. The molecule has 0 amide bonds. The normalized spacial score (nSPS) is 17.8. The summed E-state index contributed by atoms with van der Waals surface area (Å²) in [7, 11) is 0. The Kier molecular flexibility index (Phi) is 5.41. The molecule has 0 spiro atoms. The van der Waals surface area contributed by atoms with Gasteiger partial charge in [0.15, 0.2) is 5.76 Å². The second kappa shape index (κ2) is 8.38. The second-order valence-electron chi connectivity index (χ2n) is 7.53. The Balaban J connectivity index is 1.37. The van der Waals surface area contributed by atoms with Crippen LogP contribution in [0.2, 0.25) is 10.0 Å². The monoisotopic (exact) mass is 464 g/mol. The van der Waals surface area contributed by atoms with Crippen molar-refractivity contribution in [3.63, 3.8) is 0 Å². The first-order valence-electron chi connectivity index (χ1n) is 10.1. The Morgan fingerprint density at radius 3 is 2.59 bits per heavy atom. The summed E-state index contributed by atoms with van der Waals surface area (Å²) in [6.45, 7) is 2.15. The van der Waals surface area contributed by atoms with Crippen LogP contribution < -0.4 is 14.2 Å². The number of benzene rings is 3. The molecule has 3 aromatic rings. The summed E-state index contributed by atoms with van der Waals surface area (Å²) >= 11 is 12.4. The SMILES string of the molecule is CC1Oc2ccccc2C=C1/C=C1\Oc2cc(OCc3c(Cl)cccc3Cl)ccc2C1=O. The van der Waals surface area contributed by atoms with E-state index >= 15 is 0 Å². The number of fused-ring (bicyclic) bond motifs is 2. The number of rotatable bonds is 4. The average Bonchev–Trinajstić information content (AvgIpc) is 3.08. The summed E-state index contributed by atoms with van der Waals surface area (Å²) in [6, 6.07) is 18.2. The Bertz CT molecular complexity index is 1270. The number of hydrogen-bond acceptors (Lipinski definition) is 4. The summed E-state index contributed by atoms with van der Waals surface area (Å²) < 4.78 is 17.7. The zero-order valence-electron chi connectivity index (χ0n) is 17.1. The number of allylic oxidation sites excluding steroid dienone is 1. The maximum absolute atomic E-state index is 12.9. The molecule has 5 rings (SSSR count).